The number of hydrogen-bond donors (Lipinski definition) is 0. The fourth-order valence-corrected chi connectivity index (χ4v) is 3.77. The van der Waals surface area contributed by atoms with Crippen LogP contribution in [0.2, 0.25) is 0 Å². The van der Waals surface area contributed by atoms with Crippen LogP contribution in [0, 0.1) is 6.92 Å². The van der Waals surface area contributed by atoms with E-state index in [1.54, 1.807) is 7.05 Å². The number of rotatable bonds is 2. The standard InChI is InChI=1S/C21H18BrN3O2/c1-13-7-9-16(10-8-13)25-12-17-18(20(26)24(3)21(27)23(17)2)19(25)14-5-4-6-15(22)11-14/h4-12H,1-3H3. The molecule has 0 spiro atoms. The van der Waals surface area contributed by atoms with E-state index in [1.165, 1.54) is 11.6 Å². The first-order valence-corrected chi connectivity index (χ1v) is 9.32. The summed E-state index contributed by atoms with van der Waals surface area (Å²) in [4.78, 5) is 25.4. The molecule has 4 aromatic rings. The third-order valence-electron chi connectivity index (χ3n) is 4.85. The molecule has 0 saturated heterocycles. The molecule has 0 bridgehead atoms. The average molecular weight is 424 g/mol. The lowest BCUT2D eigenvalue weighted by molar-refractivity contribution is 0.714. The maximum atomic E-state index is 13.0. The average Bonchev–Trinajstić information content (AvgIpc) is 3.06. The van der Waals surface area contributed by atoms with E-state index in [-0.39, 0.29) is 11.2 Å². The van der Waals surface area contributed by atoms with Gasteiger partial charge in [-0.25, -0.2) is 4.79 Å². The third-order valence-corrected chi connectivity index (χ3v) is 5.34. The molecule has 2 aromatic carbocycles. The Morgan fingerprint density at radius 2 is 1.63 bits per heavy atom. The zero-order chi connectivity index (χ0) is 19.3. The summed E-state index contributed by atoms with van der Waals surface area (Å²) in [6.45, 7) is 2.03. The van der Waals surface area contributed by atoms with Crippen LogP contribution < -0.4 is 11.2 Å². The van der Waals surface area contributed by atoms with Crippen LogP contribution in [0.5, 0.6) is 0 Å². The topological polar surface area (TPSA) is 48.9 Å². The maximum Gasteiger partial charge on any atom is 0.330 e. The highest BCUT2D eigenvalue weighted by Gasteiger charge is 2.20. The largest absolute Gasteiger partial charge is 0.330 e. The molecule has 2 aromatic heterocycles. The molecular formula is C21H18BrN3O2. The molecule has 136 valence electrons. The van der Waals surface area contributed by atoms with Crippen molar-refractivity contribution in [2.45, 2.75) is 6.92 Å². The van der Waals surface area contributed by atoms with Gasteiger partial charge in [0.1, 0.15) is 0 Å². The van der Waals surface area contributed by atoms with Gasteiger partial charge in [0.2, 0.25) is 0 Å². The van der Waals surface area contributed by atoms with Gasteiger partial charge >= 0.3 is 5.69 Å². The highest BCUT2D eigenvalue weighted by atomic mass is 79.9. The molecule has 0 unspecified atom stereocenters. The molecule has 0 aliphatic carbocycles. The zero-order valence-corrected chi connectivity index (χ0v) is 16.8. The monoisotopic (exact) mass is 423 g/mol. The van der Waals surface area contributed by atoms with Gasteiger partial charge in [-0.2, -0.15) is 0 Å². The van der Waals surface area contributed by atoms with E-state index in [0.717, 1.165) is 31.5 Å². The number of hydrogen-bond acceptors (Lipinski definition) is 2. The van der Waals surface area contributed by atoms with Crippen LogP contribution in [-0.4, -0.2) is 13.7 Å². The van der Waals surface area contributed by atoms with Crippen molar-refractivity contribution in [3.63, 3.8) is 0 Å². The van der Waals surface area contributed by atoms with E-state index in [1.807, 2.05) is 66.2 Å². The molecule has 0 fully saturated rings. The first-order chi connectivity index (χ1) is 12.9. The highest BCUT2D eigenvalue weighted by molar-refractivity contribution is 9.10. The Morgan fingerprint density at radius 3 is 2.30 bits per heavy atom. The van der Waals surface area contributed by atoms with Crippen LogP contribution >= 0.6 is 15.9 Å². The van der Waals surface area contributed by atoms with Crippen LogP contribution in [0.25, 0.3) is 27.8 Å². The second kappa shape index (κ2) is 6.39. The second-order valence-corrected chi connectivity index (χ2v) is 7.58. The highest BCUT2D eigenvalue weighted by Crippen LogP contribution is 2.32. The van der Waals surface area contributed by atoms with Crippen LogP contribution in [-0.2, 0) is 14.1 Å². The number of benzene rings is 2. The maximum absolute atomic E-state index is 13.0. The fraction of sp³-hybridized carbons (Fsp3) is 0.143. The predicted molar refractivity (Wildman–Crippen MR) is 112 cm³/mol. The zero-order valence-electron chi connectivity index (χ0n) is 15.2. The van der Waals surface area contributed by atoms with E-state index in [9.17, 15) is 9.59 Å². The molecule has 6 heteroatoms. The van der Waals surface area contributed by atoms with Crippen LogP contribution in [0.3, 0.4) is 0 Å². The summed E-state index contributed by atoms with van der Waals surface area (Å²) in [6.07, 6.45) is 1.86. The summed E-state index contributed by atoms with van der Waals surface area (Å²) in [7, 11) is 3.20. The lowest BCUT2D eigenvalue weighted by Gasteiger charge is -2.11. The van der Waals surface area contributed by atoms with Gasteiger partial charge in [-0.1, -0.05) is 45.8 Å². The Balaban J connectivity index is 2.21. The van der Waals surface area contributed by atoms with Crippen molar-refractivity contribution in [1.29, 1.82) is 0 Å². The Bertz CT molecular complexity index is 1290. The van der Waals surface area contributed by atoms with Crippen molar-refractivity contribution in [3.05, 3.63) is 85.6 Å². The van der Waals surface area contributed by atoms with Gasteiger partial charge < -0.3 is 4.57 Å². The smallest absolute Gasteiger partial charge is 0.314 e. The number of aromatic nitrogens is 3. The molecule has 0 N–H and O–H groups in total. The van der Waals surface area contributed by atoms with Crippen molar-refractivity contribution < 1.29 is 0 Å². The van der Waals surface area contributed by atoms with Crippen LogP contribution in [0.1, 0.15) is 5.56 Å². The normalized spacial score (nSPS) is 11.3. The van der Waals surface area contributed by atoms with Gasteiger partial charge in [0.15, 0.2) is 0 Å². The number of aryl methyl sites for hydroxylation is 2. The Hall–Kier alpha value is -2.86. The molecule has 0 aliphatic heterocycles. The molecule has 27 heavy (non-hydrogen) atoms. The van der Waals surface area contributed by atoms with Gasteiger partial charge in [0.05, 0.1) is 16.6 Å². The van der Waals surface area contributed by atoms with Gasteiger partial charge in [0, 0.05) is 36.0 Å². The minimum Gasteiger partial charge on any atom is -0.314 e. The SMILES string of the molecule is Cc1ccc(-n2cc3c(c2-c2cccc(Br)c2)c(=O)n(C)c(=O)n3C)cc1. The van der Waals surface area contributed by atoms with Gasteiger partial charge in [0.25, 0.3) is 5.56 Å². The first kappa shape index (κ1) is 17.5. The van der Waals surface area contributed by atoms with Crippen LogP contribution in [0.15, 0.2) is 68.8 Å². The van der Waals surface area contributed by atoms with Gasteiger partial charge in [-0.05, 0) is 31.2 Å². The van der Waals surface area contributed by atoms with Crippen molar-refractivity contribution in [2.75, 3.05) is 0 Å². The molecule has 0 aliphatic rings. The van der Waals surface area contributed by atoms with E-state index in [0.29, 0.717) is 10.9 Å². The summed E-state index contributed by atoms with van der Waals surface area (Å²) in [5.41, 5.74) is 3.73. The third kappa shape index (κ3) is 2.77. The Morgan fingerprint density at radius 1 is 0.926 bits per heavy atom. The minimum atomic E-state index is -0.339. The molecule has 0 amide bonds. The fourth-order valence-electron chi connectivity index (χ4n) is 3.37. The summed E-state index contributed by atoms with van der Waals surface area (Å²) in [6, 6.07) is 15.9. The van der Waals surface area contributed by atoms with Gasteiger partial charge in [-0.15, -0.1) is 0 Å². The number of fused-ring (bicyclic) bond motifs is 1. The number of nitrogens with zero attached hydrogens (tertiary/aromatic N) is 3. The molecule has 0 saturated carbocycles. The van der Waals surface area contributed by atoms with E-state index in [2.05, 4.69) is 15.9 Å². The summed E-state index contributed by atoms with van der Waals surface area (Å²) < 4.78 is 5.57. The molecule has 5 nitrogen and oxygen atoms in total. The van der Waals surface area contributed by atoms with E-state index >= 15 is 0 Å². The van der Waals surface area contributed by atoms with Crippen LogP contribution in [0.4, 0.5) is 0 Å². The summed E-state index contributed by atoms with van der Waals surface area (Å²) in [5, 5.41) is 0.526. The van der Waals surface area contributed by atoms with Crippen molar-refractivity contribution in [2.24, 2.45) is 14.1 Å². The number of halogens is 1. The Labute approximate surface area is 164 Å². The molecular weight excluding hydrogens is 406 g/mol. The quantitative estimate of drug-likeness (QED) is 0.492. The molecule has 2 heterocycles. The van der Waals surface area contributed by atoms with Crippen molar-refractivity contribution in [1.82, 2.24) is 13.7 Å². The first-order valence-electron chi connectivity index (χ1n) is 8.52. The predicted octanol–water partition coefficient (Wildman–Crippen LogP) is 3.77. The Kier molecular flexibility index (Phi) is 4.15. The lowest BCUT2D eigenvalue weighted by atomic mass is 10.1. The lowest BCUT2D eigenvalue weighted by Crippen LogP contribution is -2.36. The molecule has 4 rings (SSSR count). The minimum absolute atomic E-state index is 0.297. The second-order valence-electron chi connectivity index (χ2n) is 6.66. The van der Waals surface area contributed by atoms with Crippen molar-refractivity contribution in [3.8, 4) is 16.9 Å². The van der Waals surface area contributed by atoms with Gasteiger partial charge in [-0.3, -0.25) is 13.9 Å². The van der Waals surface area contributed by atoms with E-state index in [4.69, 9.17) is 0 Å². The molecule has 0 radical (unpaired) electrons. The van der Waals surface area contributed by atoms with Crippen molar-refractivity contribution >= 4 is 26.8 Å². The summed E-state index contributed by atoms with van der Waals surface area (Å²) >= 11 is 3.51. The van der Waals surface area contributed by atoms with E-state index < -0.39 is 0 Å². The summed E-state index contributed by atoms with van der Waals surface area (Å²) in [5.74, 6) is 0. The molecule has 0 atom stereocenters.